The number of rotatable bonds is 3. The Morgan fingerprint density at radius 1 is 1.45 bits per heavy atom. The van der Waals surface area contributed by atoms with Crippen molar-refractivity contribution in [3.63, 3.8) is 0 Å². The minimum Gasteiger partial charge on any atom is -0.394 e. The predicted octanol–water partition coefficient (Wildman–Crippen LogP) is 1.93. The van der Waals surface area contributed by atoms with E-state index in [1.54, 1.807) is 19.1 Å². The van der Waals surface area contributed by atoms with Gasteiger partial charge >= 0.3 is 0 Å². The molecule has 1 atom stereocenters. The normalized spacial score (nSPS) is 29.9. The van der Waals surface area contributed by atoms with E-state index in [2.05, 4.69) is 10.3 Å². The van der Waals surface area contributed by atoms with Gasteiger partial charge in [-0.3, -0.25) is 4.79 Å². The summed E-state index contributed by atoms with van der Waals surface area (Å²) in [5.41, 5.74) is 0.844. The third-order valence-electron chi connectivity index (χ3n) is 5.36. The number of pyridine rings is 1. The first kappa shape index (κ1) is 15.0. The third-order valence-corrected chi connectivity index (χ3v) is 5.36. The number of hydrogen-bond donors (Lipinski definition) is 2. The zero-order valence-corrected chi connectivity index (χ0v) is 12.8. The smallest absolute Gasteiger partial charge is 0.270 e. The maximum absolute atomic E-state index is 12.5. The van der Waals surface area contributed by atoms with Gasteiger partial charge in [-0.05, 0) is 50.2 Å². The van der Waals surface area contributed by atoms with Gasteiger partial charge in [-0.2, -0.15) is 5.26 Å². The Hall–Kier alpha value is -1.93. The molecular formula is C17H21N3O2. The Kier molecular flexibility index (Phi) is 3.88. The summed E-state index contributed by atoms with van der Waals surface area (Å²) >= 11 is 0. The molecule has 3 aliphatic carbocycles. The predicted molar refractivity (Wildman–Crippen MR) is 81.0 cm³/mol. The van der Waals surface area contributed by atoms with Crippen LogP contribution in [0.2, 0.25) is 0 Å². The van der Waals surface area contributed by atoms with Crippen molar-refractivity contribution in [2.45, 2.75) is 44.6 Å². The SMILES string of the molecule is Cc1nc(C(=O)NC2(CO)CC3CCC2CC3)ccc1C#N. The molecule has 0 spiro atoms. The van der Waals surface area contributed by atoms with E-state index in [1.807, 2.05) is 6.07 Å². The van der Waals surface area contributed by atoms with Crippen molar-refractivity contribution in [1.29, 1.82) is 5.26 Å². The number of nitriles is 1. The number of carbonyl (C=O) groups is 1. The van der Waals surface area contributed by atoms with Crippen LogP contribution in [0, 0.1) is 30.1 Å². The number of nitrogens with zero attached hydrogens (tertiary/aromatic N) is 2. The minimum atomic E-state index is -0.498. The summed E-state index contributed by atoms with van der Waals surface area (Å²) in [4.78, 5) is 16.8. The lowest BCUT2D eigenvalue weighted by Gasteiger charge is -2.51. The van der Waals surface area contributed by atoms with Gasteiger partial charge in [-0.15, -0.1) is 0 Å². The second kappa shape index (κ2) is 5.69. The number of aliphatic hydroxyl groups is 1. The summed E-state index contributed by atoms with van der Waals surface area (Å²) in [6.45, 7) is 1.70. The molecule has 0 saturated heterocycles. The molecule has 3 saturated carbocycles. The number of aromatic nitrogens is 1. The van der Waals surface area contributed by atoms with Gasteiger partial charge in [0.1, 0.15) is 11.8 Å². The van der Waals surface area contributed by atoms with E-state index in [9.17, 15) is 9.90 Å². The van der Waals surface area contributed by atoms with Crippen LogP contribution in [0.15, 0.2) is 12.1 Å². The van der Waals surface area contributed by atoms with E-state index in [0.29, 0.717) is 28.8 Å². The van der Waals surface area contributed by atoms with Crippen molar-refractivity contribution >= 4 is 5.91 Å². The first-order valence-electron chi connectivity index (χ1n) is 7.89. The van der Waals surface area contributed by atoms with Crippen LogP contribution in [0.3, 0.4) is 0 Å². The van der Waals surface area contributed by atoms with Crippen LogP contribution >= 0.6 is 0 Å². The molecule has 2 bridgehead atoms. The second-order valence-corrected chi connectivity index (χ2v) is 6.63. The van der Waals surface area contributed by atoms with E-state index >= 15 is 0 Å². The summed E-state index contributed by atoms with van der Waals surface area (Å²) in [7, 11) is 0. The average Bonchev–Trinajstić information content (AvgIpc) is 2.55. The van der Waals surface area contributed by atoms with Gasteiger partial charge < -0.3 is 10.4 Å². The minimum absolute atomic E-state index is 0.0187. The molecule has 1 amide bonds. The maximum Gasteiger partial charge on any atom is 0.270 e. The van der Waals surface area contributed by atoms with Gasteiger partial charge in [0.25, 0.3) is 5.91 Å². The Morgan fingerprint density at radius 2 is 2.18 bits per heavy atom. The quantitative estimate of drug-likeness (QED) is 0.893. The van der Waals surface area contributed by atoms with Crippen molar-refractivity contribution in [1.82, 2.24) is 10.3 Å². The zero-order valence-electron chi connectivity index (χ0n) is 12.8. The van der Waals surface area contributed by atoms with Crippen LogP contribution in [0.4, 0.5) is 0 Å². The standard InChI is InChI=1S/C17H21N3O2/c1-11-13(9-18)4-7-15(19-11)16(22)20-17(10-21)8-12-2-5-14(17)6-3-12/h4,7,12,14,21H,2-3,5-6,8,10H2,1H3,(H,20,22). The highest BCUT2D eigenvalue weighted by Crippen LogP contribution is 2.47. The highest BCUT2D eigenvalue weighted by molar-refractivity contribution is 5.93. The molecule has 0 radical (unpaired) electrons. The first-order valence-corrected chi connectivity index (χ1v) is 7.89. The van der Waals surface area contributed by atoms with Gasteiger partial charge in [0, 0.05) is 0 Å². The van der Waals surface area contributed by atoms with Crippen LogP contribution < -0.4 is 5.32 Å². The monoisotopic (exact) mass is 299 g/mol. The molecule has 22 heavy (non-hydrogen) atoms. The zero-order chi connectivity index (χ0) is 15.7. The summed E-state index contributed by atoms with van der Waals surface area (Å²) in [6, 6.07) is 5.25. The fourth-order valence-electron chi connectivity index (χ4n) is 4.08. The highest BCUT2D eigenvalue weighted by atomic mass is 16.3. The lowest BCUT2D eigenvalue weighted by molar-refractivity contribution is 0.00158. The van der Waals surface area contributed by atoms with Crippen LogP contribution in [0.5, 0.6) is 0 Å². The van der Waals surface area contributed by atoms with Gasteiger partial charge in [-0.1, -0.05) is 12.8 Å². The largest absolute Gasteiger partial charge is 0.394 e. The van der Waals surface area contributed by atoms with Crippen LogP contribution in [-0.4, -0.2) is 28.1 Å². The number of fused-ring (bicyclic) bond motifs is 3. The molecule has 3 aliphatic rings. The Bertz CT molecular complexity index is 629. The molecule has 0 aliphatic heterocycles. The number of aliphatic hydroxyl groups excluding tert-OH is 1. The van der Waals surface area contributed by atoms with Crippen LogP contribution in [-0.2, 0) is 0 Å². The Morgan fingerprint density at radius 3 is 2.68 bits per heavy atom. The molecular weight excluding hydrogens is 278 g/mol. The van der Waals surface area contributed by atoms with E-state index in [4.69, 9.17) is 5.26 Å². The van der Waals surface area contributed by atoms with Crippen molar-refractivity contribution in [3.8, 4) is 6.07 Å². The number of carbonyl (C=O) groups excluding carboxylic acids is 1. The summed E-state index contributed by atoms with van der Waals surface area (Å²) in [5, 5.41) is 21.9. The first-order chi connectivity index (χ1) is 10.6. The average molecular weight is 299 g/mol. The number of aryl methyl sites for hydroxylation is 1. The molecule has 4 rings (SSSR count). The maximum atomic E-state index is 12.5. The van der Waals surface area contributed by atoms with Gasteiger partial charge in [0.2, 0.25) is 0 Å². The third kappa shape index (κ3) is 2.48. The molecule has 1 aromatic rings. The van der Waals surface area contributed by atoms with E-state index in [0.717, 1.165) is 19.3 Å². The van der Waals surface area contributed by atoms with Crippen molar-refractivity contribution < 1.29 is 9.90 Å². The summed E-state index contributed by atoms with van der Waals surface area (Å²) in [5.74, 6) is 0.702. The number of amides is 1. The second-order valence-electron chi connectivity index (χ2n) is 6.63. The molecule has 1 heterocycles. The van der Waals surface area contributed by atoms with E-state index in [-0.39, 0.29) is 12.5 Å². The van der Waals surface area contributed by atoms with Crippen molar-refractivity contribution in [3.05, 3.63) is 29.1 Å². The molecule has 3 fully saturated rings. The number of hydrogen-bond acceptors (Lipinski definition) is 4. The highest BCUT2D eigenvalue weighted by Gasteiger charge is 2.48. The topological polar surface area (TPSA) is 86.0 Å². The van der Waals surface area contributed by atoms with Crippen molar-refractivity contribution in [2.75, 3.05) is 6.61 Å². The van der Waals surface area contributed by atoms with Gasteiger partial charge in [0.05, 0.1) is 23.4 Å². The number of nitrogens with one attached hydrogen (secondary N) is 1. The van der Waals surface area contributed by atoms with Crippen LogP contribution in [0.25, 0.3) is 0 Å². The van der Waals surface area contributed by atoms with E-state index < -0.39 is 5.54 Å². The van der Waals surface area contributed by atoms with Gasteiger partial charge in [0.15, 0.2) is 0 Å². The lowest BCUT2D eigenvalue weighted by atomic mass is 9.60. The lowest BCUT2D eigenvalue weighted by Crippen LogP contribution is -2.61. The summed E-state index contributed by atoms with van der Waals surface area (Å²) < 4.78 is 0. The van der Waals surface area contributed by atoms with Crippen molar-refractivity contribution in [2.24, 2.45) is 11.8 Å². The Labute approximate surface area is 130 Å². The fourth-order valence-corrected chi connectivity index (χ4v) is 4.08. The van der Waals surface area contributed by atoms with E-state index in [1.165, 1.54) is 12.8 Å². The summed E-state index contributed by atoms with van der Waals surface area (Å²) in [6.07, 6.45) is 5.42. The van der Waals surface area contributed by atoms with Crippen LogP contribution in [0.1, 0.15) is 53.8 Å². The molecule has 2 N–H and O–H groups in total. The molecule has 0 aromatic carbocycles. The van der Waals surface area contributed by atoms with Gasteiger partial charge in [-0.25, -0.2) is 4.98 Å². The molecule has 5 nitrogen and oxygen atoms in total. The molecule has 5 heteroatoms. The fraction of sp³-hybridized carbons (Fsp3) is 0.588. The molecule has 1 unspecified atom stereocenters. The molecule has 116 valence electrons. The molecule has 1 aromatic heterocycles. The Balaban J connectivity index is 1.81.